The van der Waals surface area contributed by atoms with Crippen LogP contribution in [0.1, 0.15) is 15.9 Å². The highest BCUT2D eigenvalue weighted by Crippen LogP contribution is 2.21. The fourth-order valence-electron chi connectivity index (χ4n) is 2.41. The molecule has 8 heteroatoms. The van der Waals surface area contributed by atoms with E-state index in [1.807, 2.05) is 0 Å². The second kappa shape index (κ2) is 7.03. The second-order valence-electron chi connectivity index (χ2n) is 5.41. The van der Waals surface area contributed by atoms with E-state index in [9.17, 15) is 14.7 Å². The molecule has 3 rings (SSSR count). The van der Waals surface area contributed by atoms with Crippen LogP contribution in [0.4, 0.5) is 0 Å². The number of hydrogen-bond acceptors (Lipinski definition) is 3. The summed E-state index contributed by atoms with van der Waals surface area (Å²) >= 11 is 17.8. The molecule has 0 aliphatic heterocycles. The van der Waals surface area contributed by atoms with Crippen molar-refractivity contribution >= 4 is 53.4 Å². The minimum Gasteiger partial charge on any atom is -0.545 e. The van der Waals surface area contributed by atoms with Gasteiger partial charge in [0.05, 0.1) is 22.2 Å². The predicted molar refractivity (Wildman–Crippen MR) is 101 cm³/mol. The highest BCUT2D eigenvalue weighted by molar-refractivity contribution is 6.35. The van der Waals surface area contributed by atoms with Crippen LogP contribution in [0.15, 0.2) is 41.2 Å². The number of rotatable bonds is 3. The number of nitrogens with one attached hydrogen (secondary N) is 1. The van der Waals surface area contributed by atoms with Crippen LogP contribution in [0.3, 0.4) is 0 Å². The molecule has 1 N–H and O–H groups in total. The third-order valence-corrected chi connectivity index (χ3v) is 4.59. The van der Waals surface area contributed by atoms with Crippen molar-refractivity contribution in [1.29, 1.82) is 0 Å². The molecule has 1 aromatic heterocycles. The third-order valence-electron chi connectivity index (χ3n) is 3.70. The molecule has 0 unspecified atom stereocenters. The maximum Gasteiger partial charge on any atom is 0.279 e. The topological polar surface area (TPSA) is 77.9 Å². The van der Waals surface area contributed by atoms with Crippen molar-refractivity contribution in [3.8, 4) is 5.69 Å². The number of carboxylic acid groups (broad SMARTS) is 1. The lowest BCUT2D eigenvalue weighted by Gasteiger charge is -2.08. The number of H-pyrrole nitrogens is 1. The summed E-state index contributed by atoms with van der Waals surface area (Å²) in [5.41, 5.74) is 0.233. The molecule has 1 heterocycles. The summed E-state index contributed by atoms with van der Waals surface area (Å²) in [5.74, 6) is -1.44. The SMILES string of the molecule is C=c1[nH]n(-c2ccc(Cl)c(C(=O)[O-])c2)c(=O)c1=Cc1ccc(Cl)cc1Cl. The number of halogens is 3. The van der Waals surface area contributed by atoms with Gasteiger partial charge in [-0.3, -0.25) is 9.89 Å². The van der Waals surface area contributed by atoms with E-state index in [0.29, 0.717) is 21.0 Å². The molecule has 0 atom stereocenters. The van der Waals surface area contributed by atoms with Gasteiger partial charge >= 0.3 is 0 Å². The summed E-state index contributed by atoms with van der Waals surface area (Å²) in [5, 5.41) is 15.4. The van der Waals surface area contributed by atoms with Crippen LogP contribution in [0.2, 0.25) is 15.1 Å². The van der Waals surface area contributed by atoms with Gasteiger partial charge in [0.25, 0.3) is 5.56 Å². The Bertz CT molecular complexity index is 1200. The molecule has 132 valence electrons. The first-order valence-corrected chi connectivity index (χ1v) is 8.39. The number of aromatic amines is 1. The molecule has 0 aliphatic rings. The van der Waals surface area contributed by atoms with Gasteiger partial charge in [0.2, 0.25) is 0 Å². The van der Waals surface area contributed by atoms with Crippen molar-refractivity contribution < 1.29 is 9.90 Å². The van der Waals surface area contributed by atoms with E-state index >= 15 is 0 Å². The van der Waals surface area contributed by atoms with E-state index in [-0.39, 0.29) is 21.5 Å². The summed E-state index contributed by atoms with van der Waals surface area (Å²) in [6.07, 6.45) is 1.58. The molecule has 5 nitrogen and oxygen atoms in total. The zero-order valence-electron chi connectivity index (χ0n) is 13.1. The lowest BCUT2D eigenvalue weighted by Crippen LogP contribution is -2.34. The fraction of sp³-hybridized carbons (Fsp3) is 0. The Morgan fingerprint density at radius 1 is 1.12 bits per heavy atom. The Hall–Kier alpha value is -2.47. The molecule has 0 spiro atoms. The van der Waals surface area contributed by atoms with Crippen molar-refractivity contribution in [1.82, 2.24) is 9.78 Å². The van der Waals surface area contributed by atoms with Gasteiger partial charge in [-0.15, -0.1) is 0 Å². The molecular formula is C18H10Cl3N2O3-. The van der Waals surface area contributed by atoms with Gasteiger partial charge in [-0.2, -0.15) is 0 Å². The van der Waals surface area contributed by atoms with Crippen LogP contribution in [0, 0.1) is 0 Å². The molecule has 0 saturated carbocycles. The number of carbonyl (C=O) groups excluding carboxylic acids is 1. The van der Waals surface area contributed by atoms with Gasteiger partial charge < -0.3 is 9.90 Å². The van der Waals surface area contributed by atoms with Gasteiger partial charge in [0, 0.05) is 20.6 Å². The van der Waals surface area contributed by atoms with E-state index in [1.165, 1.54) is 22.9 Å². The van der Waals surface area contributed by atoms with Gasteiger partial charge in [-0.05, 0) is 42.0 Å². The number of carboxylic acids is 1. The minimum atomic E-state index is -1.44. The standard InChI is InChI=1S/C18H11Cl3N2O3/c1-9-13(6-10-2-3-11(19)7-16(10)21)17(24)23(22-9)12-4-5-15(20)14(8-12)18(25)26/h2-8,22H,1H2,(H,25,26)/p-1. The lowest BCUT2D eigenvalue weighted by molar-refractivity contribution is -0.255. The van der Waals surface area contributed by atoms with Crippen LogP contribution in [0.25, 0.3) is 18.3 Å². The molecule has 3 aromatic rings. The molecule has 0 fully saturated rings. The minimum absolute atomic E-state index is 0.0166. The zero-order chi connectivity index (χ0) is 19.0. The molecule has 0 aliphatic carbocycles. The van der Waals surface area contributed by atoms with Crippen molar-refractivity contribution in [2.75, 3.05) is 0 Å². The smallest absolute Gasteiger partial charge is 0.279 e. The second-order valence-corrected chi connectivity index (χ2v) is 6.66. The molecule has 2 aromatic carbocycles. The summed E-state index contributed by atoms with van der Waals surface area (Å²) in [7, 11) is 0. The number of benzene rings is 2. The molecule has 0 bridgehead atoms. The van der Waals surface area contributed by atoms with Crippen molar-refractivity contribution in [3.63, 3.8) is 0 Å². The highest BCUT2D eigenvalue weighted by Gasteiger charge is 2.09. The van der Waals surface area contributed by atoms with E-state index in [4.69, 9.17) is 34.8 Å². The average molecular weight is 409 g/mol. The quantitative estimate of drug-likeness (QED) is 0.717. The number of hydrogen-bond donors (Lipinski definition) is 1. The van der Waals surface area contributed by atoms with Crippen LogP contribution >= 0.6 is 34.8 Å². The van der Waals surface area contributed by atoms with Gasteiger partial charge in [0.1, 0.15) is 0 Å². The molecular weight excluding hydrogens is 399 g/mol. The zero-order valence-corrected chi connectivity index (χ0v) is 15.3. The largest absolute Gasteiger partial charge is 0.545 e. The summed E-state index contributed by atoms with van der Waals surface area (Å²) in [6, 6.07) is 9.01. The monoisotopic (exact) mass is 407 g/mol. The van der Waals surface area contributed by atoms with E-state index in [2.05, 4.69) is 11.7 Å². The third kappa shape index (κ3) is 3.42. The predicted octanol–water partition coefficient (Wildman–Crippen LogP) is 1.73. The Balaban J connectivity index is 2.20. The maximum atomic E-state index is 12.7. The lowest BCUT2D eigenvalue weighted by atomic mass is 10.2. The maximum absolute atomic E-state index is 12.7. The molecule has 0 radical (unpaired) electrons. The fourth-order valence-corrected chi connectivity index (χ4v) is 3.07. The molecule has 0 saturated heterocycles. The summed E-state index contributed by atoms with van der Waals surface area (Å²) in [6.45, 7) is 3.81. The molecule has 0 amide bonds. The van der Waals surface area contributed by atoms with Gasteiger partial charge in [-0.1, -0.05) is 47.4 Å². The number of aromatic carboxylic acids is 1. The van der Waals surface area contributed by atoms with Crippen molar-refractivity contribution in [2.45, 2.75) is 0 Å². The highest BCUT2D eigenvalue weighted by atomic mass is 35.5. The summed E-state index contributed by atoms with van der Waals surface area (Å²) in [4.78, 5) is 23.9. The van der Waals surface area contributed by atoms with Crippen molar-refractivity contribution in [2.24, 2.45) is 0 Å². The van der Waals surface area contributed by atoms with E-state index < -0.39 is 11.5 Å². The Labute approximate surface area is 162 Å². The Morgan fingerprint density at radius 2 is 1.85 bits per heavy atom. The number of carbonyl (C=O) groups is 1. The first-order chi connectivity index (χ1) is 12.3. The van der Waals surface area contributed by atoms with Gasteiger partial charge in [-0.25, -0.2) is 4.68 Å². The van der Waals surface area contributed by atoms with Crippen LogP contribution < -0.4 is 21.2 Å². The average Bonchev–Trinajstić information content (AvgIpc) is 2.85. The molecule has 26 heavy (non-hydrogen) atoms. The van der Waals surface area contributed by atoms with Crippen LogP contribution in [0.5, 0.6) is 0 Å². The van der Waals surface area contributed by atoms with E-state index in [0.717, 1.165) is 0 Å². The van der Waals surface area contributed by atoms with Crippen LogP contribution in [-0.4, -0.2) is 15.7 Å². The first kappa shape index (κ1) is 18.3. The Morgan fingerprint density at radius 3 is 2.50 bits per heavy atom. The Kier molecular flexibility index (Phi) is 4.96. The van der Waals surface area contributed by atoms with E-state index in [1.54, 1.807) is 24.3 Å². The first-order valence-electron chi connectivity index (χ1n) is 7.26. The normalized spacial score (nSPS) is 11.7. The van der Waals surface area contributed by atoms with Gasteiger partial charge in [0.15, 0.2) is 0 Å². The number of aromatic nitrogens is 2. The van der Waals surface area contributed by atoms with Crippen molar-refractivity contribution in [3.05, 3.63) is 83.5 Å². The summed E-state index contributed by atoms with van der Waals surface area (Å²) < 4.78 is 1.17. The number of nitrogens with zero attached hydrogens (tertiary/aromatic N) is 1. The van der Waals surface area contributed by atoms with Crippen LogP contribution in [-0.2, 0) is 0 Å².